The quantitative estimate of drug-likeness (QED) is 0.678. The van der Waals surface area contributed by atoms with E-state index in [1.165, 1.54) is 12.1 Å². The van der Waals surface area contributed by atoms with Gasteiger partial charge >= 0.3 is 0 Å². The Kier molecular flexibility index (Phi) is 7.80. The predicted molar refractivity (Wildman–Crippen MR) is 105 cm³/mol. The number of benzene rings is 2. The van der Waals surface area contributed by atoms with E-state index in [1.54, 1.807) is 12.1 Å². The standard InChI is InChI=1S/C20H25N3O3S/c1-3-23(4-2)12-13-26-20-11-6-5-9-18(20)16-22-27(24,25)19-10-7-8-17(14-19)15-21/h5-11,14,22H,3-4,12-13,16H2,1-2H3. The lowest BCUT2D eigenvalue weighted by molar-refractivity contribution is 0.221. The van der Waals surface area contributed by atoms with E-state index < -0.39 is 10.0 Å². The maximum absolute atomic E-state index is 12.5. The smallest absolute Gasteiger partial charge is 0.240 e. The Hall–Kier alpha value is -2.40. The van der Waals surface area contributed by atoms with Crippen LogP contribution >= 0.6 is 0 Å². The van der Waals surface area contributed by atoms with Crippen molar-refractivity contribution in [3.63, 3.8) is 0 Å². The predicted octanol–water partition coefficient (Wildman–Crippen LogP) is 2.76. The molecular weight excluding hydrogens is 362 g/mol. The van der Waals surface area contributed by atoms with Crippen LogP contribution in [-0.2, 0) is 16.6 Å². The first-order valence-electron chi connectivity index (χ1n) is 8.93. The zero-order valence-electron chi connectivity index (χ0n) is 15.7. The van der Waals surface area contributed by atoms with E-state index >= 15 is 0 Å². The third-order valence-electron chi connectivity index (χ3n) is 4.26. The number of para-hydroxylation sites is 1. The maximum atomic E-state index is 12.5. The van der Waals surface area contributed by atoms with Crippen molar-refractivity contribution in [3.8, 4) is 11.8 Å². The highest BCUT2D eigenvalue weighted by molar-refractivity contribution is 7.89. The summed E-state index contributed by atoms with van der Waals surface area (Å²) in [5.41, 5.74) is 1.06. The Morgan fingerprint density at radius 3 is 2.56 bits per heavy atom. The molecule has 6 nitrogen and oxygen atoms in total. The third-order valence-corrected chi connectivity index (χ3v) is 5.66. The second-order valence-corrected chi connectivity index (χ2v) is 7.71. The van der Waals surface area contributed by atoms with Gasteiger partial charge in [-0.3, -0.25) is 0 Å². The monoisotopic (exact) mass is 387 g/mol. The zero-order chi connectivity index (χ0) is 19.7. The molecule has 1 N–H and O–H groups in total. The summed E-state index contributed by atoms with van der Waals surface area (Å²) in [6, 6.07) is 15.3. The van der Waals surface area contributed by atoms with Crippen LogP contribution in [0.1, 0.15) is 25.0 Å². The number of likely N-dealkylation sites (N-methyl/N-ethyl adjacent to an activating group) is 1. The Morgan fingerprint density at radius 2 is 1.85 bits per heavy atom. The number of nitriles is 1. The van der Waals surface area contributed by atoms with E-state index in [0.29, 0.717) is 17.9 Å². The van der Waals surface area contributed by atoms with Gasteiger partial charge in [-0.2, -0.15) is 5.26 Å². The van der Waals surface area contributed by atoms with Crippen molar-refractivity contribution in [2.45, 2.75) is 25.3 Å². The summed E-state index contributed by atoms with van der Waals surface area (Å²) in [6.45, 7) is 7.59. The molecule has 0 bridgehead atoms. The topological polar surface area (TPSA) is 82.4 Å². The van der Waals surface area contributed by atoms with Crippen LogP contribution in [-0.4, -0.2) is 39.6 Å². The lowest BCUT2D eigenvalue weighted by Crippen LogP contribution is -2.28. The van der Waals surface area contributed by atoms with E-state index in [-0.39, 0.29) is 11.4 Å². The molecule has 0 aromatic heterocycles. The molecule has 0 saturated carbocycles. The molecule has 2 aromatic rings. The molecule has 0 amide bonds. The molecule has 0 aliphatic rings. The highest BCUT2D eigenvalue weighted by Gasteiger charge is 2.15. The molecule has 144 valence electrons. The van der Waals surface area contributed by atoms with Crippen LogP contribution < -0.4 is 9.46 Å². The van der Waals surface area contributed by atoms with Crippen molar-refractivity contribution >= 4 is 10.0 Å². The van der Waals surface area contributed by atoms with Crippen molar-refractivity contribution in [1.82, 2.24) is 9.62 Å². The molecular formula is C20H25N3O3S. The Balaban J connectivity index is 2.04. The summed E-state index contributed by atoms with van der Waals surface area (Å²) in [5.74, 6) is 0.665. The number of hydrogen-bond acceptors (Lipinski definition) is 5. The van der Waals surface area contributed by atoms with Crippen LogP contribution in [0, 0.1) is 11.3 Å². The molecule has 0 fully saturated rings. The molecule has 0 radical (unpaired) electrons. The largest absolute Gasteiger partial charge is 0.492 e. The minimum Gasteiger partial charge on any atom is -0.492 e. The highest BCUT2D eigenvalue weighted by atomic mass is 32.2. The number of sulfonamides is 1. The van der Waals surface area contributed by atoms with E-state index in [1.807, 2.05) is 30.3 Å². The number of nitrogens with one attached hydrogen (secondary N) is 1. The van der Waals surface area contributed by atoms with Crippen molar-refractivity contribution in [2.24, 2.45) is 0 Å². The molecule has 2 aromatic carbocycles. The number of hydrogen-bond donors (Lipinski definition) is 1. The molecule has 27 heavy (non-hydrogen) atoms. The SMILES string of the molecule is CCN(CC)CCOc1ccccc1CNS(=O)(=O)c1cccc(C#N)c1. The van der Waals surface area contributed by atoms with Gasteiger partial charge in [-0.1, -0.05) is 38.1 Å². The van der Waals surface area contributed by atoms with Crippen molar-refractivity contribution in [3.05, 3.63) is 59.7 Å². The molecule has 2 rings (SSSR count). The van der Waals surface area contributed by atoms with Gasteiger partial charge < -0.3 is 9.64 Å². The van der Waals surface area contributed by atoms with Crippen LogP contribution in [0.3, 0.4) is 0 Å². The Labute approximate surface area is 161 Å². The Morgan fingerprint density at radius 1 is 1.11 bits per heavy atom. The minimum atomic E-state index is -3.71. The average molecular weight is 388 g/mol. The summed E-state index contributed by atoms with van der Waals surface area (Å²) >= 11 is 0. The van der Waals surface area contributed by atoms with Crippen molar-refractivity contribution < 1.29 is 13.2 Å². The summed E-state index contributed by atoms with van der Waals surface area (Å²) in [5, 5.41) is 8.94. The van der Waals surface area contributed by atoms with Gasteiger partial charge in [-0.25, -0.2) is 13.1 Å². The van der Waals surface area contributed by atoms with E-state index in [4.69, 9.17) is 10.00 Å². The molecule has 0 saturated heterocycles. The van der Waals surface area contributed by atoms with Gasteiger partial charge in [-0.15, -0.1) is 0 Å². The summed E-state index contributed by atoms with van der Waals surface area (Å²) in [6.07, 6.45) is 0. The fraction of sp³-hybridized carbons (Fsp3) is 0.350. The number of ether oxygens (including phenoxy) is 1. The minimum absolute atomic E-state index is 0.0708. The van der Waals surface area contributed by atoms with Gasteiger partial charge in [0.25, 0.3) is 0 Å². The summed E-state index contributed by atoms with van der Waals surface area (Å²) < 4.78 is 33.4. The molecule has 0 unspecified atom stereocenters. The highest BCUT2D eigenvalue weighted by Crippen LogP contribution is 2.19. The van der Waals surface area contributed by atoms with Gasteiger partial charge in [0.15, 0.2) is 0 Å². The summed E-state index contributed by atoms with van der Waals surface area (Å²) in [7, 11) is -3.71. The number of nitrogens with zero attached hydrogens (tertiary/aromatic N) is 2. The summed E-state index contributed by atoms with van der Waals surface area (Å²) in [4.78, 5) is 2.33. The van der Waals surface area contributed by atoms with Gasteiger partial charge in [0.1, 0.15) is 12.4 Å². The molecule has 0 atom stereocenters. The molecule has 0 aliphatic heterocycles. The van der Waals surface area contributed by atoms with Gasteiger partial charge in [0.05, 0.1) is 16.5 Å². The van der Waals surface area contributed by atoms with Crippen LogP contribution in [0.15, 0.2) is 53.4 Å². The van der Waals surface area contributed by atoms with Gasteiger partial charge in [-0.05, 0) is 37.4 Å². The second kappa shape index (κ2) is 10.1. The lowest BCUT2D eigenvalue weighted by Gasteiger charge is -2.19. The molecule has 0 aliphatic carbocycles. The van der Waals surface area contributed by atoms with Crippen LogP contribution in [0.25, 0.3) is 0 Å². The second-order valence-electron chi connectivity index (χ2n) is 5.95. The van der Waals surface area contributed by atoms with Gasteiger partial charge in [0.2, 0.25) is 10.0 Å². The average Bonchev–Trinajstić information content (AvgIpc) is 2.70. The Bertz CT molecular complexity index is 887. The maximum Gasteiger partial charge on any atom is 0.240 e. The molecule has 7 heteroatoms. The molecule has 0 spiro atoms. The van der Waals surface area contributed by atoms with E-state index in [2.05, 4.69) is 23.5 Å². The van der Waals surface area contributed by atoms with E-state index in [0.717, 1.165) is 25.2 Å². The van der Waals surface area contributed by atoms with E-state index in [9.17, 15) is 8.42 Å². The zero-order valence-corrected chi connectivity index (χ0v) is 16.5. The fourth-order valence-electron chi connectivity index (χ4n) is 2.60. The third kappa shape index (κ3) is 6.07. The van der Waals surface area contributed by atoms with Crippen molar-refractivity contribution in [1.29, 1.82) is 5.26 Å². The number of rotatable bonds is 10. The lowest BCUT2D eigenvalue weighted by atomic mass is 10.2. The first-order valence-corrected chi connectivity index (χ1v) is 10.4. The van der Waals surface area contributed by atoms with Crippen LogP contribution in [0.5, 0.6) is 5.75 Å². The first-order chi connectivity index (χ1) is 13.0. The first kappa shape index (κ1) is 20.9. The van der Waals surface area contributed by atoms with Crippen molar-refractivity contribution in [2.75, 3.05) is 26.2 Å². The molecule has 0 heterocycles. The van der Waals surface area contributed by atoms with Crippen LogP contribution in [0.4, 0.5) is 0 Å². The van der Waals surface area contributed by atoms with Crippen LogP contribution in [0.2, 0.25) is 0 Å². The fourth-order valence-corrected chi connectivity index (χ4v) is 3.66. The van der Waals surface area contributed by atoms with Gasteiger partial charge in [0, 0.05) is 18.7 Å². The normalized spacial score (nSPS) is 11.3.